The number of thiocarbonyl (C=S) groups is 1. The first-order valence-electron chi connectivity index (χ1n) is 10.0. The molecule has 0 spiro atoms. The molecule has 0 aliphatic heterocycles. The van der Waals surface area contributed by atoms with Crippen molar-refractivity contribution in [3.05, 3.63) is 47.1 Å². The van der Waals surface area contributed by atoms with Crippen LogP contribution in [0.25, 0.3) is 11.3 Å². The summed E-state index contributed by atoms with van der Waals surface area (Å²) in [6.07, 6.45) is 10.9. The number of nitrogens with zero attached hydrogens (tertiary/aromatic N) is 2. The highest BCUT2D eigenvalue weighted by atomic mass is 35.5. The van der Waals surface area contributed by atoms with Crippen molar-refractivity contribution in [2.24, 2.45) is 16.8 Å². The van der Waals surface area contributed by atoms with E-state index in [0.717, 1.165) is 22.7 Å². The van der Waals surface area contributed by atoms with Crippen LogP contribution in [0.2, 0.25) is 5.02 Å². The number of isothiocyanates is 1. The molecule has 0 radical (unpaired) electrons. The fourth-order valence-corrected chi connectivity index (χ4v) is 4.11. The average Bonchev–Trinajstić information content (AvgIpc) is 2.72. The molecule has 0 amide bonds. The number of hydrogen-bond acceptors (Lipinski definition) is 3. The number of unbranched alkanes of at least 4 members (excludes halogenated alkanes) is 1. The van der Waals surface area contributed by atoms with Gasteiger partial charge in [-0.15, -0.1) is 0 Å². The zero-order valence-corrected chi connectivity index (χ0v) is 17.8. The van der Waals surface area contributed by atoms with Gasteiger partial charge in [0.2, 0.25) is 0 Å². The molecule has 1 aliphatic rings. The molecule has 0 saturated heterocycles. The number of benzene rings is 1. The van der Waals surface area contributed by atoms with Crippen LogP contribution >= 0.6 is 23.8 Å². The molecule has 0 N–H and O–H groups in total. The molecule has 1 aromatic carbocycles. The summed E-state index contributed by atoms with van der Waals surface area (Å²) in [6.45, 7) is 2.28. The molecular weight excluding hydrogens is 384 g/mol. The van der Waals surface area contributed by atoms with Gasteiger partial charge in [-0.25, -0.2) is 0 Å². The van der Waals surface area contributed by atoms with E-state index >= 15 is 0 Å². The molecule has 1 aliphatic carbocycles. The van der Waals surface area contributed by atoms with E-state index in [-0.39, 0.29) is 0 Å². The zero-order chi connectivity index (χ0) is 19.8. The molecule has 28 heavy (non-hydrogen) atoms. The lowest BCUT2D eigenvalue weighted by Crippen LogP contribution is -2.13. The second-order valence-corrected chi connectivity index (χ2v) is 8.02. The molecule has 1 heterocycles. The summed E-state index contributed by atoms with van der Waals surface area (Å²) in [7, 11) is 0. The summed E-state index contributed by atoms with van der Waals surface area (Å²) in [5.41, 5.74) is 3.34. The Balaban J connectivity index is 1.62. The van der Waals surface area contributed by atoms with E-state index in [1.54, 1.807) is 12.3 Å². The SMILES string of the molecule is CCCCC1CCC(C#Cc2ccc(-c3ncc(N=C=S)cc3Cl)cc2)CC1. The maximum atomic E-state index is 6.33. The summed E-state index contributed by atoms with van der Waals surface area (Å²) in [6, 6.07) is 9.85. The molecule has 144 valence electrons. The Morgan fingerprint density at radius 3 is 2.57 bits per heavy atom. The Kier molecular flexibility index (Phi) is 7.80. The number of aromatic nitrogens is 1. The van der Waals surface area contributed by atoms with Crippen molar-refractivity contribution in [2.45, 2.75) is 51.9 Å². The third-order valence-corrected chi connectivity index (χ3v) is 5.77. The van der Waals surface area contributed by atoms with Gasteiger partial charge in [0.25, 0.3) is 0 Å². The van der Waals surface area contributed by atoms with E-state index in [9.17, 15) is 0 Å². The highest BCUT2D eigenvalue weighted by Crippen LogP contribution is 2.32. The standard InChI is InChI=1S/C24H25ClN2S/c1-2-3-4-18-5-7-19(8-6-18)9-10-20-11-13-21(14-12-20)24-23(25)15-22(16-26-24)27-17-28/h11-16,18-19H,2-8H2,1H3. The predicted molar refractivity (Wildman–Crippen MR) is 121 cm³/mol. The molecule has 4 heteroatoms. The second-order valence-electron chi connectivity index (χ2n) is 7.43. The number of aliphatic imine (C=N–C) groups is 1. The zero-order valence-electron chi connectivity index (χ0n) is 16.2. The van der Waals surface area contributed by atoms with E-state index in [2.05, 4.69) is 46.1 Å². The first-order chi connectivity index (χ1) is 13.7. The van der Waals surface area contributed by atoms with Gasteiger partial charge in [0.05, 0.1) is 27.8 Å². The molecule has 0 atom stereocenters. The molecule has 3 rings (SSSR count). The van der Waals surface area contributed by atoms with E-state index in [4.69, 9.17) is 11.6 Å². The Morgan fingerprint density at radius 2 is 1.93 bits per heavy atom. The van der Waals surface area contributed by atoms with Crippen LogP contribution < -0.4 is 0 Å². The van der Waals surface area contributed by atoms with Gasteiger partial charge in [0.15, 0.2) is 0 Å². The second kappa shape index (κ2) is 10.5. The molecule has 2 aromatic rings. The van der Waals surface area contributed by atoms with Gasteiger partial charge in [0, 0.05) is 17.0 Å². The summed E-state index contributed by atoms with van der Waals surface area (Å²) < 4.78 is 0. The molecule has 1 aromatic heterocycles. The van der Waals surface area contributed by atoms with Crippen LogP contribution in [0.5, 0.6) is 0 Å². The first kappa shape index (κ1) is 20.7. The Morgan fingerprint density at radius 1 is 1.18 bits per heavy atom. The van der Waals surface area contributed by atoms with E-state index in [1.165, 1.54) is 44.9 Å². The lowest BCUT2D eigenvalue weighted by atomic mass is 9.80. The monoisotopic (exact) mass is 408 g/mol. The van der Waals surface area contributed by atoms with Gasteiger partial charge in [-0.2, -0.15) is 4.99 Å². The maximum absolute atomic E-state index is 6.33. The van der Waals surface area contributed by atoms with Crippen LogP contribution in [0.4, 0.5) is 5.69 Å². The summed E-state index contributed by atoms with van der Waals surface area (Å²) in [5, 5.41) is 2.87. The Bertz CT molecular complexity index is 896. The minimum Gasteiger partial charge on any atom is -0.252 e. The van der Waals surface area contributed by atoms with Crippen molar-refractivity contribution in [2.75, 3.05) is 0 Å². The van der Waals surface area contributed by atoms with Gasteiger partial charge < -0.3 is 0 Å². The van der Waals surface area contributed by atoms with Crippen molar-refractivity contribution >= 4 is 34.7 Å². The van der Waals surface area contributed by atoms with Crippen LogP contribution in [-0.2, 0) is 0 Å². The summed E-state index contributed by atoms with van der Waals surface area (Å²) >= 11 is 10.9. The number of hydrogen-bond donors (Lipinski definition) is 0. The van der Waals surface area contributed by atoms with Crippen LogP contribution in [0.1, 0.15) is 57.4 Å². The van der Waals surface area contributed by atoms with Gasteiger partial charge in [-0.1, -0.05) is 61.8 Å². The quantitative estimate of drug-likeness (QED) is 0.291. The third-order valence-electron chi connectivity index (χ3n) is 5.39. The normalized spacial score (nSPS) is 18.6. The predicted octanol–water partition coefficient (Wildman–Crippen LogP) is 7.48. The minimum absolute atomic E-state index is 0.544. The van der Waals surface area contributed by atoms with Gasteiger partial charge in [-0.05, 0) is 62.0 Å². The maximum Gasteiger partial charge on any atom is 0.0937 e. The molecule has 0 unspecified atom stereocenters. The Labute approximate surface area is 178 Å². The lowest BCUT2D eigenvalue weighted by molar-refractivity contribution is 0.296. The fourth-order valence-electron chi connectivity index (χ4n) is 3.74. The largest absolute Gasteiger partial charge is 0.252 e. The highest BCUT2D eigenvalue weighted by molar-refractivity contribution is 7.78. The summed E-state index contributed by atoms with van der Waals surface area (Å²) in [4.78, 5) is 8.30. The van der Waals surface area contributed by atoms with Crippen molar-refractivity contribution in [1.29, 1.82) is 0 Å². The molecular formula is C24H25ClN2S. The van der Waals surface area contributed by atoms with Gasteiger partial charge in [0.1, 0.15) is 0 Å². The molecule has 2 nitrogen and oxygen atoms in total. The van der Waals surface area contributed by atoms with Gasteiger partial charge >= 0.3 is 0 Å². The van der Waals surface area contributed by atoms with E-state index in [0.29, 0.717) is 16.6 Å². The van der Waals surface area contributed by atoms with E-state index < -0.39 is 0 Å². The fraction of sp³-hybridized carbons (Fsp3) is 0.417. The molecule has 0 bridgehead atoms. The highest BCUT2D eigenvalue weighted by Gasteiger charge is 2.19. The molecule has 1 fully saturated rings. The topological polar surface area (TPSA) is 25.2 Å². The first-order valence-corrected chi connectivity index (χ1v) is 10.8. The van der Waals surface area contributed by atoms with E-state index in [1.807, 2.05) is 24.3 Å². The number of pyridine rings is 1. The van der Waals surface area contributed by atoms with Gasteiger partial charge in [-0.3, -0.25) is 4.98 Å². The lowest BCUT2D eigenvalue weighted by Gasteiger charge is -2.25. The van der Waals surface area contributed by atoms with Crippen molar-refractivity contribution in [1.82, 2.24) is 4.98 Å². The van der Waals surface area contributed by atoms with Crippen LogP contribution in [0.15, 0.2) is 41.5 Å². The Hall–Kier alpha value is -1.98. The molecule has 1 saturated carbocycles. The average molecular weight is 409 g/mol. The third kappa shape index (κ3) is 5.76. The van der Waals surface area contributed by atoms with Crippen LogP contribution in [0, 0.1) is 23.7 Å². The van der Waals surface area contributed by atoms with Crippen molar-refractivity contribution < 1.29 is 0 Å². The summed E-state index contributed by atoms with van der Waals surface area (Å²) in [5.74, 6) is 8.31. The number of rotatable bonds is 5. The minimum atomic E-state index is 0.544. The number of halogens is 1. The van der Waals surface area contributed by atoms with Crippen LogP contribution in [-0.4, -0.2) is 10.1 Å². The van der Waals surface area contributed by atoms with Crippen molar-refractivity contribution in [3.8, 4) is 23.1 Å². The van der Waals surface area contributed by atoms with Crippen molar-refractivity contribution in [3.63, 3.8) is 0 Å². The smallest absolute Gasteiger partial charge is 0.0937 e. The van der Waals surface area contributed by atoms with Crippen LogP contribution in [0.3, 0.4) is 0 Å².